The second-order valence-corrected chi connectivity index (χ2v) is 5.10. The van der Waals surface area contributed by atoms with Crippen molar-refractivity contribution in [1.82, 2.24) is 4.90 Å². The zero-order chi connectivity index (χ0) is 15.4. The monoisotopic (exact) mass is 299 g/mol. The molecule has 1 saturated heterocycles. The predicted octanol–water partition coefficient (Wildman–Crippen LogP) is 2.50. The largest absolute Gasteiger partial charge is 0.466 e. The molecule has 4 nitrogen and oxygen atoms in total. The number of esters is 1. The SMILES string of the molecule is CCOC(=O)C1CN(C)CC1c1ccccc1OC(F)F. The van der Waals surface area contributed by atoms with Gasteiger partial charge in [-0.25, -0.2) is 0 Å². The molecule has 1 fully saturated rings. The number of carbonyl (C=O) groups excluding carboxylic acids is 1. The minimum atomic E-state index is -2.88. The molecule has 0 aliphatic carbocycles. The molecule has 0 aromatic heterocycles. The predicted molar refractivity (Wildman–Crippen MR) is 73.4 cm³/mol. The van der Waals surface area contributed by atoms with Gasteiger partial charge in [-0.15, -0.1) is 0 Å². The molecule has 2 unspecified atom stereocenters. The van der Waals surface area contributed by atoms with E-state index in [1.165, 1.54) is 6.07 Å². The maximum atomic E-state index is 12.5. The van der Waals surface area contributed by atoms with Crippen LogP contribution in [0.1, 0.15) is 18.4 Å². The molecule has 2 atom stereocenters. The molecule has 0 bridgehead atoms. The van der Waals surface area contributed by atoms with E-state index in [1.807, 2.05) is 11.9 Å². The third kappa shape index (κ3) is 3.69. The number of hydrogen-bond donors (Lipinski definition) is 0. The van der Waals surface area contributed by atoms with Crippen LogP contribution in [0.3, 0.4) is 0 Å². The number of hydrogen-bond acceptors (Lipinski definition) is 4. The molecule has 6 heteroatoms. The molecule has 116 valence electrons. The molecule has 21 heavy (non-hydrogen) atoms. The van der Waals surface area contributed by atoms with Crippen molar-refractivity contribution in [2.24, 2.45) is 5.92 Å². The van der Waals surface area contributed by atoms with Crippen molar-refractivity contribution >= 4 is 5.97 Å². The number of carbonyl (C=O) groups is 1. The number of para-hydroxylation sites is 1. The molecule has 2 rings (SSSR count). The van der Waals surface area contributed by atoms with Gasteiger partial charge in [0, 0.05) is 19.0 Å². The van der Waals surface area contributed by atoms with Crippen LogP contribution in [0.25, 0.3) is 0 Å². The van der Waals surface area contributed by atoms with Crippen LogP contribution in [-0.4, -0.2) is 44.2 Å². The molecule has 1 aromatic rings. The average Bonchev–Trinajstić information content (AvgIpc) is 2.81. The van der Waals surface area contributed by atoms with Crippen LogP contribution < -0.4 is 4.74 Å². The summed E-state index contributed by atoms with van der Waals surface area (Å²) in [7, 11) is 1.89. The smallest absolute Gasteiger partial charge is 0.387 e. The Balaban J connectivity index is 2.28. The summed E-state index contributed by atoms with van der Waals surface area (Å²) in [6, 6.07) is 6.63. The van der Waals surface area contributed by atoms with Gasteiger partial charge in [0.2, 0.25) is 0 Å². The topological polar surface area (TPSA) is 38.8 Å². The highest BCUT2D eigenvalue weighted by atomic mass is 19.3. The van der Waals surface area contributed by atoms with E-state index in [-0.39, 0.29) is 23.6 Å². The molecule has 1 aliphatic rings. The number of rotatable bonds is 5. The van der Waals surface area contributed by atoms with Gasteiger partial charge in [0.15, 0.2) is 0 Å². The number of likely N-dealkylation sites (tertiary alicyclic amines) is 1. The molecule has 1 aliphatic heterocycles. The van der Waals surface area contributed by atoms with E-state index in [0.29, 0.717) is 25.3 Å². The lowest BCUT2D eigenvalue weighted by atomic mass is 9.88. The van der Waals surface area contributed by atoms with Gasteiger partial charge in [0.1, 0.15) is 5.75 Å². The van der Waals surface area contributed by atoms with E-state index in [1.54, 1.807) is 25.1 Å². The summed E-state index contributed by atoms with van der Waals surface area (Å²) >= 11 is 0. The molecule has 1 aromatic carbocycles. The Morgan fingerprint density at radius 1 is 1.38 bits per heavy atom. The van der Waals surface area contributed by atoms with E-state index < -0.39 is 6.61 Å². The second-order valence-electron chi connectivity index (χ2n) is 5.10. The highest BCUT2D eigenvalue weighted by Gasteiger charge is 2.39. The first-order valence-corrected chi connectivity index (χ1v) is 6.91. The summed E-state index contributed by atoms with van der Waals surface area (Å²) in [6.45, 7) is 0.325. The summed E-state index contributed by atoms with van der Waals surface area (Å²) < 4.78 is 34.7. The Bertz CT molecular complexity index is 496. The Hall–Kier alpha value is -1.69. The summed E-state index contributed by atoms with van der Waals surface area (Å²) in [5.74, 6) is -0.734. The van der Waals surface area contributed by atoms with Crippen molar-refractivity contribution in [3.63, 3.8) is 0 Å². The molecule has 1 heterocycles. The number of ether oxygens (including phenoxy) is 2. The maximum Gasteiger partial charge on any atom is 0.387 e. The molecular weight excluding hydrogens is 280 g/mol. The lowest BCUT2D eigenvalue weighted by molar-refractivity contribution is -0.148. The van der Waals surface area contributed by atoms with E-state index in [2.05, 4.69) is 4.74 Å². The first kappa shape index (κ1) is 15.7. The van der Waals surface area contributed by atoms with E-state index in [0.717, 1.165) is 0 Å². The molecular formula is C15H19F2NO3. The highest BCUT2D eigenvalue weighted by Crippen LogP contribution is 2.38. The fraction of sp³-hybridized carbons (Fsp3) is 0.533. The van der Waals surface area contributed by atoms with Crippen LogP contribution >= 0.6 is 0 Å². The Kier molecular flexibility index (Phi) is 5.12. The Morgan fingerprint density at radius 2 is 2.10 bits per heavy atom. The third-order valence-corrected chi connectivity index (χ3v) is 3.63. The Labute approximate surface area is 122 Å². The van der Waals surface area contributed by atoms with Gasteiger partial charge in [-0.3, -0.25) is 4.79 Å². The number of benzene rings is 1. The fourth-order valence-corrected chi connectivity index (χ4v) is 2.79. The number of likely N-dealkylation sites (N-methyl/N-ethyl adjacent to an activating group) is 1. The van der Waals surface area contributed by atoms with Crippen molar-refractivity contribution in [1.29, 1.82) is 0 Å². The zero-order valence-corrected chi connectivity index (χ0v) is 12.1. The van der Waals surface area contributed by atoms with Crippen molar-refractivity contribution in [2.45, 2.75) is 19.5 Å². The normalized spacial score (nSPS) is 22.5. The minimum Gasteiger partial charge on any atom is -0.466 e. The first-order chi connectivity index (χ1) is 10.0. The van der Waals surface area contributed by atoms with Crippen molar-refractivity contribution in [3.8, 4) is 5.75 Å². The lowest BCUT2D eigenvalue weighted by Gasteiger charge is -2.20. The molecule has 0 N–H and O–H groups in total. The van der Waals surface area contributed by atoms with E-state index >= 15 is 0 Å². The number of halogens is 2. The zero-order valence-electron chi connectivity index (χ0n) is 12.1. The second kappa shape index (κ2) is 6.85. The van der Waals surface area contributed by atoms with Crippen LogP contribution in [0, 0.1) is 5.92 Å². The summed E-state index contributed by atoms with van der Waals surface area (Å²) in [6.07, 6.45) is 0. The third-order valence-electron chi connectivity index (χ3n) is 3.63. The minimum absolute atomic E-state index is 0.127. The molecule has 0 spiro atoms. The van der Waals surface area contributed by atoms with Crippen LogP contribution in [0.2, 0.25) is 0 Å². The van der Waals surface area contributed by atoms with Gasteiger partial charge in [-0.1, -0.05) is 18.2 Å². The van der Waals surface area contributed by atoms with Crippen molar-refractivity contribution in [3.05, 3.63) is 29.8 Å². The van der Waals surface area contributed by atoms with Crippen LogP contribution in [0.5, 0.6) is 5.75 Å². The van der Waals surface area contributed by atoms with Gasteiger partial charge < -0.3 is 14.4 Å². The van der Waals surface area contributed by atoms with Crippen LogP contribution in [-0.2, 0) is 9.53 Å². The van der Waals surface area contributed by atoms with E-state index in [4.69, 9.17) is 4.74 Å². The number of alkyl halides is 2. The van der Waals surface area contributed by atoms with Gasteiger partial charge in [0.05, 0.1) is 12.5 Å². The molecule has 0 radical (unpaired) electrons. The quantitative estimate of drug-likeness (QED) is 0.783. The van der Waals surface area contributed by atoms with Gasteiger partial charge in [-0.05, 0) is 25.6 Å². The highest BCUT2D eigenvalue weighted by molar-refractivity contribution is 5.75. The standard InChI is InChI=1S/C15H19F2NO3/c1-3-20-14(19)12-9-18(2)8-11(12)10-6-4-5-7-13(10)21-15(16)17/h4-7,11-12,15H,3,8-9H2,1-2H3. The summed E-state index contributed by atoms with van der Waals surface area (Å²) in [5, 5.41) is 0. The number of nitrogens with zero attached hydrogens (tertiary/aromatic N) is 1. The lowest BCUT2D eigenvalue weighted by Crippen LogP contribution is -2.24. The van der Waals surface area contributed by atoms with Crippen molar-refractivity contribution < 1.29 is 23.0 Å². The first-order valence-electron chi connectivity index (χ1n) is 6.91. The van der Waals surface area contributed by atoms with Gasteiger partial charge in [-0.2, -0.15) is 8.78 Å². The summed E-state index contributed by atoms with van der Waals surface area (Å²) in [4.78, 5) is 14.1. The van der Waals surface area contributed by atoms with Gasteiger partial charge in [0.25, 0.3) is 0 Å². The van der Waals surface area contributed by atoms with Crippen molar-refractivity contribution in [2.75, 3.05) is 26.7 Å². The molecule has 0 amide bonds. The Morgan fingerprint density at radius 3 is 2.76 bits per heavy atom. The summed E-state index contributed by atoms with van der Waals surface area (Å²) in [5.41, 5.74) is 0.625. The average molecular weight is 299 g/mol. The molecule has 0 saturated carbocycles. The van der Waals surface area contributed by atoms with Gasteiger partial charge >= 0.3 is 12.6 Å². The fourth-order valence-electron chi connectivity index (χ4n) is 2.79. The maximum absolute atomic E-state index is 12.5. The van der Waals surface area contributed by atoms with Crippen LogP contribution in [0.4, 0.5) is 8.78 Å². The van der Waals surface area contributed by atoms with Crippen LogP contribution in [0.15, 0.2) is 24.3 Å². The van der Waals surface area contributed by atoms with E-state index in [9.17, 15) is 13.6 Å².